The van der Waals surface area contributed by atoms with E-state index in [0.29, 0.717) is 6.61 Å². The summed E-state index contributed by atoms with van der Waals surface area (Å²) in [6, 6.07) is 16.1. The van der Waals surface area contributed by atoms with Crippen LogP contribution in [0.1, 0.15) is 29.2 Å². The van der Waals surface area contributed by atoms with Crippen molar-refractivity contribution in [2.45, 2.75) is 25.3 Å². The Balaban J connectivity index is 1.43. The quantitative estimate of drug-likeness (QED) is 0.789. The van der Waals surface area contributed by atoms with Crippen molar-refractivity contribution >= 4 is 11.8 Å². The summed E-state index contributed by atoms with van der Waals surface area (Å²) in [5, 5.41) is 0. The lowest BCUT2D eigenvalue weighted by Gasteiger charge is -2.22. The second-order valence-electron chi connectivity index (χ2n) is 6.38. The molecule has 2 aromatic rings. The Morgan fingerprint density at radius 2 is 1.76 bits per heavy atom. The van der Waals surface area contributed by atoms with Gasteiger partial charge >= 0.3 is 0 Å². The van der Waals surface area contributed by atoms with Gasteiger partial charge in [0.1, 0.15) is 5.75 Å². The third-order valence-corrected chi connectivity index (χ3v) is 4.82. The van der Waals surface area contributed by atoms with Crippen LogP contribution in [0.15, 0.2) is 60.7 Å². The van der Waals surface area contributed by atoms with Gasteiger partial charge in [0.05, 0.1) is 12.6 Å². The SMILES string of the molecule is O=C1C=CC(=O)N1[C@H]1CCc2cc(OCCc3ccccc3)ccc21. The van der Waals surface area contributed by atoms with Crippen molar-refractivity contribution in [3.8, 4) is 5.75 Å². The fourth-order valence-corrected chi connectivity index (χ4v) is 3.58. The maximum Gasteiger partial charge on any atom is 0.254 e. The number of rotatable bonds is 5. The predicted molar refractivity (Wildman–Crippen MR) is 94.1 cm³/mol. The molecule has 126 valence electrons. The Morgan fingerprint density at radius 3 is 2.52 bits per heavy atom. The Labute approximate surface area is 146 Å². The van der Waals surface area contributed by atoms with Crippen molar-refractivity contribution in [2.75, 3.05) is 6.61 Å². The van der Waals surface area contributed by atoms with Gasteiger partial charge in [-0.25, -0.2) is 0 Å². The lowest BCUT2D eigenvalue weighted by molar-refractivity contribution is -0.139. The van der Waals surface area contributed by atoms with Crippen LogP contribution in [0.3, 0.4) is 0 Å². The Bertz CT molecular complexity index is 823. The highest BCUT2D eigenvalue weighted by molar-refractivity contribution is 6.13. The van der Waals surface area contributed by atoms with E-state index < -0.39 is 0 Å². The number of nitrogens with zero attached hydrogens (tertiary/aromatic N) is 1. The minimum absolute atomic E-state index is 0.150. The molecule has 2 aromatic carbocycles. The van der Waals surface area contributed by atoms with E-state index >= 15 is 0 Å². The van der Waals surface area contributed by atoms with Crippen molar-refractivity contribution in [2.24, 2.45) is 0 Å². The largest absolute Gasteiger partial charge is 0.493 e. The fourth-order valence-electron chi connectivity index (χ4n) is 3.58. The number of carbonyl (C=O) groups excluding carboxylic acids is 2. The summed E-state index contributed by atoms with van der Waals surface area (Å²) in [4.78, 5) is 25.2. The molecule has 25 heavy (non-hydrogen) atoms. The van der Waals surface area contributed by atoms with Crippen LogP contribution >= 0.6 is 0 Å². The van der Waals surface area contributed by atoms with Crippen LogP contribution in [0.2, 0.25) is 0 Å². The number of hydrogen-bond acceptors (Lipinski definition) is 3. The first kappa shape index (κ1) is 15.6. The Hall–Kier alpha value is -2.88. The molecule has 0 N–H and O–H groups in total. The first-order valence-electron chi connectivity index (χ1n) is 8.57. The molecule has 0 saturated heterocycles. The van der Waals surface area contributed by atoms with E-state index in [9.17, 15) is 9.59 Å². The summed E-state index contributed by atoms with van der Waals surface area (Å²) >= 11 is 0. The summed E-state index contributed by atoms with van der Waals surface area (Å²) < 4.78 is 5.88. The van der Waals surface area contributed by atoms with Gasteiger partial charge in [-0.2, -0.15) is 0 Å². The average Bonchev–Trinajstić information content (AvgIpc) is 3.18. The van der Waals surface area contributed by atoms with E-state index in [1.165, 1.54) is 22.6 Å². The predicted octanol–water partition coefficient (Wildman–Crippen LogP) is 3.22. The summed E-state index contributed by atoms with van der Waals surface area (Å²) in [6.07, 6.45) is 5.20. The van der Waals surface area contributed by atoms with Gasteiger partial charge in [0.25, 0.3) is 11.8 Å². The molecule has 4 nitrogen and oxygen atoms in total. The molecule has 1 heterocycles. The van der Waals surface area contributed by atoms with Gasteiger partial charge in [0.2, 0.25) is 0 Å². The normalized spacial score (nSPS) is 18.7. The maximum atomic E-state index is 11.9. The molecule has 2 amide bonds. The molecule has 0 spiro atoms. The number of benzene rings is 2. The second-order valence-corrected chi connectivity index (χ2v) is 6.38. The minimum Gasteiger partial charge on any atom is -0.493 e. The van der Waals surface area contributed by atoms with Gasteiger partial charge in [-0.15, -0.1) is 0 Å². The Kier molecular flexibility index (Phi) is 4.10. The highest BCUT2D eigenvalue weighted by Crippen LogP contribution is 2.38. The van der Waals surface area contributed by atoms with Gasteiger partial charge in [-0.3, -0.25) is 14.5 Å². The minimum atomic E-state index is -0.217. The van der Waals surface area contributed by atoms with Crippen molar-refractivity contribution < 1.29 is 14.3 Å². The summed E-state index contributed by atoms with van der Waals surface area (Å²) in [5.74, 6) is 0.407. The number of aryl methyl sites for hydroxylation is 1. The average molecular weight is 333 g/mol. The zero-order valence-corrected chi connectivity index (χ0v) is 13.9. The van der Waals surface area contributed by atoms with Crippen molar-refractivity contribution in [3.05, 3.63) is 77.4 Å². The molecule has 0 aromatic heterocycles. The summed E-state index contributed by atoms with van der Waals surface area (Å²) in [7, 11) is 0. The summed E-state index contributed by atoms with van der Waals surface area (Å²) in [6.45, 7) is 0.624. The third-order valence-electron chi connectivity index (χ3n) is 4.82. The second kappa shape index (κ2) is 6.55. The molecule has 0 unspecified atom stereocenters. The molecule has 1 aliphatic carbocycles. The van der Waals surface area contributed by atoms with Crippen LogP contribution in [0, 0.1) is 0 Å². The molecular formula is C21H19NO3. The molecule has 1 aliphatic heterocycles. The van der Waals surface area contributed by atoms with Crippen LogP contribution in [0.5, 0.6) is 5.75 Å². The summed E-state index contributed by atoms with van der Waals surface area (Å²) in [5.41, 5.74) is 3.47. The van der Waals surface area contributed by atoms with E-state index in [2.05, 4.69) is 12.1 Å². The van der Waals surface area contributed by atoms with Gasteiger partial charge in [0.15, 0.2) is 0 Å². The van der Waals surface area contributed by atoms with Crippen LogP contribution in [-0.2, 0) is 22.4 Å². The highest BCUT2D eigenvalue weighted by Gasteiger charge is 2.36. The van der Waals surface area contributed by atoms with Gasteiger partial charge in [-0.1, -0.05) is 36.4 Å². The van der Waals surface area contributed by atoms with Crippen LogP contribution in [0.25, 0.3) is 0 Å². The van der Waals surface area contributed by atoms with Crippen molar-refractivity contribution in [3.63, 3.8) is 0 Å². The molecule has 0 radical (unpaired) electrons. The first-order valence-corrected chi connectivity index (χ1v) is 8.57. The molecule has 4 heteroatoms. The van der Waals surface area contributed by atoms with Crippen molar-refractivity contribution in [1.82, 2.24) is 4.90 Å². The molecule has 2 aliphatic rings. The van der Waals surface area contributed by atoms with E-state index in [-0.39, 0.29) is 17.9 Å². The van der Waals surface area contributed by atoms with E-state index in [1.807, 2.05) is 36.4 Å². The van der Waals surface area contributed by atoms with Crippen molar-refractivity contribution in [1.29, 1.82) is 0 Å². The third kappa shape index (κ3) is 3.07. The molecule has 0 saturated carbocycles. The molecule has 1 atom stereocenters. The number of amides is 2. The first-order chi connectivity index (χ1) is 12.2. The van der Waals surface area contributed by atoms with Crippen LogP contribution in [0.4, 0.5) is 0 Å². The molecule has 4 rings (SSSR count). The van der Waals surface area contributed by atoms with E-state index in [1.54, 1.807) is 0 Å². The standard InChI is InChI=1S/C21H19NO3/c23-20-10-11-21(24)22(20)19-9-6-16-14-17(7-8-18(16)19)25-13-12-15-4-2-1-3-5-15/h1-5,7-8,10-11,14,19H,6,9,12-13H2/t19-/m0/s1. The van der Waals surface area contributed by atoms with E-state index in [0.717, 1.165) is 36.1 Å². The lowest BCUT2D eigenvalue weighted by Crippen LogP contribution is -2.33. The highest BCUT2D eigenvalue weighted by atomic mass is 16.5. The zero-order valence-electron chi connectivity index (χ0n) is 13.9. The van der Waals surface area contributed by atoms with E-state index in [4.69, 9.17) is 4.74 Å². The number of ether oxygens (including phenoxy) is 1. The molecule has 0 fully saturated rings. The smallest absolute Gasteiger partial charge is 0.254 e. The maximum absolute atomic E-state index is 11.9. The van der Waals surface area contributed by atoms with Gasteiger partial charge in [-0.05, 0) is 41.7 Å². The number of carbonyl (C=O) groups is 2. The lowest BCUT2D eigenvalue weighted by atomic mass is 10.1. The molecule has 0 bridgehead atoms. The van der Waals surface area contributed by atoms with Gasteiger partial charge in [0, 0.05) is 18.6 Å². The van der Waals surface area contributed by atoms with Gasteiger partial charge < -0.3 is 4.74 Å². The number of imide groups is 1. The monoisotopic (exact) mass is 333 g/mol. The topological polar surface area (TPSA) is 46.6 Å². The van der Waals surface area contributed by atoms with Crippen LogP contribution < -0.4 is 4.74 Å². The fraction of sp³-hybridized carbons (Fsp3) is 0.238. The zero-order chi connectivity index (χ0) is 17.2. The van der Waals surface area contributed by atoms with Crippen LogP contribution in [-0.4, -0.2) is 23.3 Å². The Morgan fingerprint density at radius 1 is 1.00 bits per heavy atom. The molecular weight excluding hydrogens is 314 g/mol. The number of hydrogen-bond donors (Lipinski definition) is 0. The number of fused-ring (bicyclic) bond motifs is 1.